The molecule has 0 amide bonds. The van der Waals surface area contributed by atoms with Gasteiger partial charge in [-0.3, -0.25) is 4.90 Å². The SMILES string of the molecule is CN(CCC1(N)CCC1)Cc1ccco1. The summed E-state index contributed by atoms with van der Waals surface area (Å²) >= 11 is 0. The highest BCUT2D eigenvalue weighted by atomic mass is 16.3. The zero-order valence-corrected chi connectivity index (χ0v) is 9.41. The summed E-state index contributed by atoms with van der Waals surface area (Å²) in [5, 5.41) is 0. The molecule has 1 aromatic heterocycles. The molecule has 1 saturated carbocycles. The molecule has 1 aliphatic carbocycles. The molecule has 1 aromatic rings. The van der Waals surface area contributed by atoms with E-state index in [9.17, 15) is 0 Å². The number of hydrogen-bond donors (Lipinski definition) is 1. The molecule has 84 valence electrons. The fraction of sp³-hybridized carbons (Fsp3) is 0.667. The van der Waals surface area contributed by atoms with Gasteiger partial charge in [-0.25, -0.2) is 0 Å². The molecule has 2 rings (SSSR count). The van der Waals surface area contributed by atoms with E-state index in [0.717, 1.165) is 25.3 Å². The summed E-state index contributed by atoms with van der Waals surface area (Å²) in [5.74, 6) is 1.03. The van der Waals surface area contributed by atoms with E-state index in [-0.39, 0.29) is 5.54 Å². The quantitative estimate of drug-likeness (QED) is 0.804. The minimum Gasteiger partial charge on any atom is -0.468 e. The summed E-state index contributed by atoms with van der Waals surface area (Å²) in [5.41, 5.74) is 6.31. The maximum absolute atomic E-state index is 6.17. The number of hydrogen-bond acceptors (Lipinski definition) is 3. The lowest BCUT2D eigenvalue weighted by molar-refractivity contribution is 0.189. The van der Waals surface area contributed by atoms with E-state index in [0.29, 0.717) is 0 Å². The average Bonchev–Trinajstić information content (AvgIpc) is 2.64. The predicted molar refractivity (Wildman–Crippen MR) is 60.4 cm³/mol. The minimum atomic E-state index is 0.136. The largest absolute Gasteiger partial charge is 0.468 e. The first-order valence-electron chi connectivity index (χ1n) is 5.68. The van der Waals surface area contributed by atoms with Crippen LogP contribution in [0.2, 0.25) is 0 Å². The van der Waals surface area contributed by atoms with Crippen LogP contribution in [-0.2, 0) is 6.54 Å². The summed E-state index contributed by atoms with van der Waals surface area (Å²) in [6, 6.07) is 3.94. The standard InChI is InChI=1S/C12H20N2O/c1-14(10-11-4-2-9-15-11)8-7-12(13)5-3-6-12/h2,4,9H,3,5-8,10,13H2,1H3. The van der Waals surface area contributed by atoms with Crippen LogP contribution >= 0.6 is 0 Å². The highest BCUT2D eigenvalue weighted by Gasteiger charge is 2.31. The third-order valence-electron chi connectivity index (χ3n) is 3.35. The van der Waals surface area contributed by atoms with Gasteiger partial charge < -0.3 is 10.2 Å². The molecule has 0 radical (unpaired) electrons. The van der Waals surface area contributed by atoms with Crippen LogP contribution in [-0.4, -0.2) is 24.0 Å². The summed E-state index contributed by atoms with van der Waals surface area (Å²) in [6.07, 6.45) is 6.52. The van der Waals surface area contributed by atoms with Crippen LogP contribution in [0.3, 0.4) is 0 Å². The first kappa shape index (κ1) is 10.7. The molecule has 3 nitrogen and oxygen atoms in total. The fourth-order valence-electron chi connectivity index (χ4n) is 2.04. The van der Waals surface area contributed by atoms with Gasteiger partial charge in [0, 0.05) is 12.1 Å². The fourth-order valence-corrected chi connectivity index (χ4v) is 2.04. The molecule has 15 heavy (non-hydrogen) atoms. The summed E-state index contributed by atoms with van der Waals surface area (Å²) in [7, 11) is 2.12. The Morgan fingerprint density at radius 1 is 1.53 bits per heavy atom. The second-order valence-electron chi connectivity index (χ2n) is 4.78. The molecule has 3 heteroatoms. The van der Waals surface area contributed by atoms with Crippen molar-refractivity contribution in [3.05, 3.63) is 24.2 Å². The second-order valence-corrected chi connectivity index (χ2v) is 4.78. The Morgan fingerprint density at radius 2 is 2.33 bits per heavy atom. The summed E-state index contributed by atoms with van der Waals surface area (Å²) < 4.78 is 5.30. The van der Waals surface area contributed by atoms with E-state index < -0.39 is 0 Å². The molecule has 0 atom stereocenters. The minimum absolute atomic E-state index is 0.136. The molecule has 0 bridgehead atoms. The van der Waals surface area contributed by atoms with E-state index in [1.54, 1.807) is 6.26 Å². The van der Waals surface area contributed by atoms with Crippen molar-refractivity contribution < 1.29 is 4.42 Å². The molecular weight excluding hydrogens is 188 g/mol. The zero-order chi connectivity index (χ0) is 10.7. The van der Waals surface area contributed by atoms with Gasteiger partial charge in [-0.05, 0) is 44.9 Å². The second kappa shape index (κ2) is 4.37. The third-order valence-corrected chi connectivity index (χ3v) is 3.35. The lowest BCUT2D eigenvalue weighted by Crippen LogP contribution is -2.48. The highest BCUT2D eigenvalue weighted by molar-refractivity contribution is 4.98. The van der Waals surface area contributed by atoms with Crippen LogP contribution < -0.4 is 5.73 Å². The smallest absolute Gasteiger partial charge is 0.117 e. The molecule has 1 fully saturated rings. The first-order valence-corrected chi connectivity index (χ1v) is 5.68. The summed E-state index contributed by atoms with van der Waals surface area (Å²) in [4.78, 5) is 2.27. The average molecular weight is 208 g/mol. The summed E-state index contributed by atoms with van der Waals surface area (Å²) in [6.45, 7) is 1.93. The van der Waals surface area contributed by atoms with E-state index in [2.05, 4.69) is 11.9 Å². The van der Waals surface area contributed by atoms with Gasteiger partial charge in [-0.2, -0.15) is 0 Å². The van der Waals surface area contributed by atoms with Crippen molar-refractivity contribution in [3.63, 3.8) is 0 Å². The van der Waals surface area contributed by atoms with Gasteiger partial charge in [-0.15, -0.1) is 0 Å². The lowest BCUT2D eigenvalue weighted by Gasteiger charge is -2.39. The van der Waals surface area contributed by atoms with Crippen LogP contribution in [0.1, 0.15) is 31.4 Å². The molecular formula is C12H20N2O. The van der Waals surface area contributed by atoms with Crippen LogP contribution in [0, 0.1) is 0 Å². The van der Waals surface area contributed by atoms with Gasteiger partial charge in [0.1, 0.15) is 5.76 Å². The predicted octanol–water partition coefficient (Wildman–Crippen LogP) is 1.98. The van der Waals surface area contributed by atoms with E-state index in [4.69, 9.17) is 10.2 Å². The topological polar surface area (TPSA) is 42.4 Å². The normalized spacial score (nSPS) is 19.1. The molecule has 0 unspecified atom stereocenters. The van der Waals surface area contributed by atoms with Crippen molar-refractivity contribution in [3.8, 4) is 0 Å². The highest BCUT2D eigenvalue weighted by Crippen LogP contribution is 2.32. The van der Waals surface area contributed by atoms with Crippen molar-refractivity contribution >= 4 is 0 Å². The zero-order valence-electron chi connectivity index (χ0n) is 9.41. The van der Waals surface area contributed by atoms with Crippen LogP contribution in [0.15, 0.2) is 22.8 Å². The monoisotopic (exact) mass is 208 g/mol. The van der Waals surface area contributed by atoms with Crippen LogP contribution in [0.5, 0.6) is 0 Å². The van der Waals surface area contributed by atoms with Crippen molar-refractivity contribution in [1.29, 1.82) is 0 Å². The Hall–Kier alpha value is -0.800. The third kappa shape index (κ3) is 2.83. The van der Waals surface area contributed by atoms with Crippen molar-refractivity contribution in [2.24, 2.45) is 5.73 Å². The maximum Gasteiger partial charge on any atom is 0.117 e. The van der Waals surface area contributed by atoms with E-state index in [1.165, 1.54) is 19.3 Å². The van der Waals surface area contributed by atoms with Crippen molar-refractivity contribution in [1.82, 2.24) is 4.90 Å². The van der Waals surface area contributed by atoms with Crippen LogP contribution in [0.25, 0.3) is 0 Å². The van der Waals surface area contributed by atoms with Gasteiger partial charge in [0.05, 0.1) is 12.8 Å². The van der Waals surface area contributed by atoms with Crippen molar-refractivity contribution in [2.45, 2.75) is 37.8 Å². The van der Waals surface area contributed by atoms with Gasteiger partial charge >= 0.3 is 0 Å². The maximum atomic E-state index is 6.17. The van der Waals surface area contributed by atoms with E-state index >= 15 is 0 Å². The Labute approximate surface area is 91.2 Å². The van der Waals surface area contributed by atoms with Gasteiger partial charge in [0.25, 0.3) is 0 Å². The molecule has 0 aromatic carbocycles. The molecule has 1 heterocycles. The number of nitrogens with two attached hydrogens (primary N) is 1. The molecule has 1 aliphatic rings. The van der Waals surface area contributed by atoms with Crippen molar-refractivity contribution in [2.75, 3.05) is 13.6 Å². The lowest BCUT2D eigenvalue weighted by atomic mass is 9.75. The van der Waals surface area contributed by atoms with Gasteiger partial charge in [0.15, 0.2) is 0 Å². The molecule has 0 spiro atoms. The first-order chi connectivity index (χ1) is 7.18. The molecule has 0 aliphatic heterocycles. The van der Waals surface area contributed by atoms with Gasteiger partial charge in [0.2, 0.25) is 0 Å². The number of furan rings is 1. The Balaban J connectivity index is 1.70. The Bertz CT molecular complexity index is 291. The van der Waals surface area contributed by atoms with Crippen LogP contribution in [0.4, 0.5) is 0 Å². The molecule has 2 N–H and O–H groups in total. The molecule has 0 saturated heterocycles. The number of rotatable bonds is 5. The Kier molecular flexibility index (Phi) is 3.12. The Morgan fingerprint density at radius 3 is 2.87 bits per heavy atom. The van der Waals surface area contributed by atoms with Gasteiger partial charge in [-0.1, -0.05) is 0 Å². The number of nitrogens with zero attached hydrogens (tertiary/aromatic N) is 1. The van der Waals surface area contributed by atoms with E-state index in [1.807, 2.05) is 12.1 Å².